The molecule has 134 valence electrons. The molecule has 1 heterocycles. The van der Waals surface area contributed by atoms with Gasteiger partial charge in [0.25, 0.3) is 0 Å². The molecule has 1 fully saturated rings. The van der Waals surface area contributed by atoms with E-state index in [1.807, 2.05) is 4.90 Å². The van der Waals surface area contributed by atoms with E-state index >= 15 is 0 Å². The topological polar surface area (TPSA) is 52.6 Å². The number of benzene rings is 1. The summed E-state index contributed by atoms with van der Waals surface area (Å²) < 4.78 is 39.6. The summed E-state index contributed by atoms with van der Waals surface area (Å²) in [5.41, 5.74) is -2.57. The van der Waals surface area contributed by atoms with Crippen LogP contribution in [0.4, 0.5) is 13.2 Å². The fourth-order valence-electron chi connectivity index (χ4n) is 3.32. The summed E-state index contributed by atoms with van der Waals surface area (Å²) in [5, 5.41) is 13.6. The van der Waals surface area contributed by atoms with Gasteiger partial charge in [-0.25, -0.2) is 0 Å². The zero-order valence-electron chi connectivity index (χ0n) is 13.9. The molecule has 2 unspecified atom stereocenters. The zero-order chi connectivity index (χ0) is 18.0. The average Bonchev–Trinajstić information content (AvgIpc) is 2.45. The summed E-state index contributed by atoms with van der Waals surface area (Å²) in [6.07, 6.45) is -2.86. The summed E-state index contributed by atoms with van der Waals surface area (Å²) in [4.78, 5) is 13.1. The summed E-state index contributed by atoms with van der Waals surface area (Å²) >= 11 is 0. The van der Waals surface area contributed by atoms with Gasteiger partial charge in [0, 0.05) is 26.1 Å². The Kier molecular flexibility index (Phi) is 5.55. The number of hydrogen-bond acceptors (Lipinski definition) is 3. The summed E-state index contributed by atoms with van der Waals surface area (Å²) in [6, 6.07) is 5.08. The number of nitrogens with one attached hydrogen (secondary N) is 1. The van der Waals surface area contributed by atoms with Crippen LogP contribution >= 0.6 is 0 Å². The van der Waals surface area contributed by atoms with Crippen LogP contribution in [-0.2, 0) is 16.6 Å². The molecular weight excluding hydrogens is 321 g/mol. The lowest BCUT2D eigenvalue weighted by Crippen LogP contribution is -2.50. The normalized spacial score (nSPS) is 22.0. The molecule has 4 nitrogen and oxygen atoms in total. The van der Waals surface area contributed by atoms with Gasteiger partial charge in [0.05, 0.1) is 5.56 Å². The van der Waals surface area contributed by atoms with Crippen molar-refractivity contribution in [3.63, 3.8) is 0 Å². The summed E-state index contributed by atoms with van der Waals surface area (Å²) in [7, 11) is 0. The highest BCUT2D eigenvalue weighted by Gasteiger charge is 2.39. The van der Waals surface area contributed by atoms with Crippen molar-refractivity contribution >= 4 is 5.91 Å². The van der Waals surface area contributed by atoms with Gasteiger partial charge >= 0.3 is 6.18 Å². The highest BCUT2D eigenvalue weighted by atomic mass is 19.4. The monoisotopic (exact) mass is 344 g/mol. The van der Waals surface area contributed by atoms with Crippen molar-refractivity contribution in [2.24, 2.45) is 0 Å². The SMILES string of the molecule is CC(=O)NC1CCCN(CC(C)(O)c2ccccc2C(F)(F)F)C1. The minimum absolute atomic E-state index is 0.0371. The molecule has 0 bridgehead atoms. The van der Waals surface area contributed by atoms with Crippen molar-refractivity contribution in [3.8, 4) is 0 Å². The molecule has 0 saturated carbocycles. The maximum absolute atomic E-state index is 13.2. The van der Waals surface area contributed by atoms with E-state index in [0.717, 1.165) is 18.9 Å². The number of alkyl halides is 3. The number of nitrogens with zero attached hydrogens (tertiary/aromatic N) is 1. The molecule has 0 aromatic heterocycles. The summed E-state index contributed by atoms with van der Waals surface area (Å²) in [6.45, 7) is 4.12. The quantitative estimate of drug-likeness (QED) is 0.882. The predicted molar refractivity (Wildman–Crippen MR) is 84.3 cm³/mol. The molecule has 1 aliphatic heterocycles. The van der Waals surface area contributed by atoms with E-state index in [1.165, 1.54) is 32.0 Å². The Balaban J connectivity index is 2.15. The number of β-amino-alcohol motifs (C(OH)–C–C–N with tert-alkyl or cyclic N) is 1. The fraction of sp³-hybridized carbons (Fsp3) is 0.588. The average molecular weight is 344 g/mol. The Bertz CT molecular complexity index is 587. The van der Waals surface area contributed by atoms with E-state index in [-0.39, 0.29) is 24.1 Å². The molecule has 1 aliphatic rings. The Morgan fingerprint density at radius 3 is 2.54 bits per heavy atom. The Labute approximate surface area is 139 Å². The second kappa shape index (κ2) is 7.11. The molecule has 2 N–H and O–H groups in total. The third-order valence-corrected chi connectivity index (χ3v) is 4.26. The first-order valence-corrected chi connectivity index (χ1v) is 7.98. The van der Waals surface area contributed by atoms with Crippen molar-refractivity contribution in [2.45, 2.75) is 44.5 Å². The lowest BCUT2D eigenvalue weighted by Gasteiger charge is -2.38. The Hall–Kier alpha value is -1.60. The lowest BCUT2D eigenvalue weighted by atomic mass is 9.89. The van der Waals surface area contributed by atoms with Crippen LogP contribution in [0.3, 0.4) is 0 Å². The van der Waals surface area contributed by atoms with Crippen LogP contribution in [0.1, 0.15) is 37.8 Å². The van der Waals surface area contributed by atoms with Gasteiger partial charge in [-0.05, 0) is 37.9 Å². The molecule has 1 aromatic rings. The molecule has 2 atom stereocenters. The van der Waals surface area contributed by atoms with Crippen molar-refractivity contribution in [3.05, 3.63) is 35.4 Å². The second-order valence-corrected chi connectivity index (χ2v) is 6.59. The Morgan fingerprint density at radius 1 is 1.33 bits per heavy atom. The molecule has 1 aromatic carbocycles. The van der Waals surface area contributed by atoms with Crippen molar-refractivity contribution < 1.29 is 23.1 Å². The fourth-order valence-corrected chi connectivity index (χ4v) is 3.32. The standard InChI is InChI=1S/C17H23F3N2O2/c1-12(23)21-13-6-5-9-22(10-13)11-16(2,24)14-7-3-4-8-15(14)17(18,19)20/h3-4,7-8,13,24H,5-6,9-11H2,1-2H3,(H,21,23). The maximum atomic E-state index is 13.2. The van der Waals surface area contributed by atoms with Crippen molar-refractivity contribution in [2.75, 3.05) is 19.6 Å². The van der Waals surface area contributed by atoms with Crippen LogP contribution in [0.2, 0.25) is 0 Å². The third-order valence-electron chi connectivity index (χ3n) is 4.26. The number of rotatable bonds is 4. The van der Waals surface area contributed by atoms with Gasteiger partial charge in [-0.2, -0.15) is 13.2 Å². The number of hydrogen-bond donors (Lipinski definition) is 2. The van der Waals surface area contributed by atoms with Gasteiger partial charge in [0.2, 0.25) is 5.91 Å². The van der Waals surface area contributed by atoms with Gasteiger partial charge in [-0.1, -0.05) is 18.2 Å². The van der Waals surface area contributed by atoms with E-state index < -0.39 is 17.3 Å². The molecule has 2 rings (SSSR count). The number of piperidine rings is 1. The smallest absolute Gasteiger partial charge is 0.384 e. The molecule has 7 heteroatoms. The highest BCUT2D eigenvalue weighted by molar-refractivity contribution is 5.73. The molecule has 0 spiro atoms. The van der Waals surface area contributed by atoms with Gasteiger partial charge in [-0.3, -0.25) is 9.69 Å². The first-order valence-electron chi connectivity index (χ1n) is 7.98. The van der Waals surface area contributed by atoms with Crippen LogP contribution < -0.4 is 5.32 Å². The lowest BCUT2D eigenvalue weighted by molar-refractivity contribution is -0.141. The predicted octanol–water partition coefficient (Wildman–Crippen LogP) is 2.51. The second-order valence-electron chi connectivity index (χ2n) is 6.59. The van der Waals surface area contributed by atoms with Crippen LogP contribution in [0.25, 0.3) is 0 Å². The van der Waals surface area contributed by atoms with Crippen LogP contribution in [0, 0.1) is 0 Å². The van der Waals surface area contributed by atoms with Gasteiger partial charge in [0.1, 0.15) is 5.60 Å². The van der Waals surface area contributed by atoms with Gasteiger partial charge in [-0.15, -0.1) is 0 Å². The van der Waals surface area contributed by atoms with Crippen molar-refractivity contribution in [1.29, 1.82) is 0 Å². The minimum atomic E-state index is -4.51. The summed E-state index contributed by atoms with van der Waals surface area (Å²) in [5.74, 6) is -0.129. The van der Waals surface area contributed by atoms with E-state index in [1.54, 1.807) is 0 Å². The van der Waals surface area contributed by atoms with E-state index in [9.17, 15) is 23.1 Å². The number of carbonyl (C=O) groups is 1. The van der Waals surface area contributed by atoms with E-state index in [2.05, 4.69) is 5.32 Å². The molecule has 0 radical (unpaired) electrons. The molecule has 1 saturated heterocycles. The first-order chi connectivity index (χ1) is 11.1. The van der Waals surface area contributed by atoms with Crippen LogP contribution in [-0.4, -0.2) is 41.6 Å². The van der Waals surface area contributed by atoms with Gasteiger partial charge < -0.3 is 10.4 Å². The molecular formula is C17H23F3N2O2. The van der Waals surface area contributed by atoms with Crippen LogP contribution in [0.15, 0.2) is 24.3 Å². The number of carbonyl (C=O) groups excluding carboxylic acids is 1. The van der Waals surface area contributed by atoms with E-state index in [0.29, 0.717) is 13.1 Å². The number of likely N-dealkylation sites (tertiary alicyclic amines) is 1. The van der Waals surface area contributed by atoms with Crippen molar-refractivity contribution in [1.82, 2.24) is 10.2 Å². The highest BCUT2D eigenvalue weighted by Crippen LogP contribution is 2.37. The zero-order valence-corrected chi connectivity index (χ0v) is 13.9. The minimum Gasteiger partial charge on any atom is -0.384 e. The molecule has 24 heavy (non-hydrogen) atoms. The molecule has 0 aliphatic carbocycles. The largest absolute Gasteiger partial charge is 0.416 e. The van der Waals surface area contributed by atoms with Crippen LogP contribution in [0.5, 0.6) is 0 Å². The molecule has 1 amide bonds. The number of aliphatic hydroxyl groups is 1. The number of amides is 1. The van der Waals surface area contributed by atoms with E-state index in [4.69, 9.17) is 0 Å². The Morgan fingerprint density at radius 2 is 1.96 bits per heavy atom. The van der Waals surface area contributed by atoms with Gasteiger partial charge in [0.15, 0.2) is 0 Å². The third kappa shape index (κ3) is 4.70. The number of halogens is 3. The first kappa shape index (κ1) is 18.7. The maximum Gasteiger partial charge on any atom is 0.416 e.